The summed E-state index contributed by atoms with van der Waals surface area (Å²) in [6, 6.07) is 21.0. The zero-order valence-electron chi connectivity index (χ0n) is 18.8. The molecule has 1 aliphatic rings. The fourth-order valence-corrected chi connectivity index (χ4v) is 5.46. The lowest BCUT2D eigenvalue weighted by molar-refractivity contribution is -0.122. The molecule has 1 amide bonds. The van der Waals surface area contributed by atoms with Gasteiger partial charge >= 0.3 is 0 Å². The summed E-state index contributed by atoms with van der Waals surface area (Å²) in [5.41, 5.74) is 2.83. The smallest absolute Gasteiger partial charge is 0.244 e. The van der Waals surface area contributed by atoms with E-state index in [9.17, 15) is 17.6 Å². The quantitative estimate of drug-likeness (QED) is 0.489. The van der Waals surface area contributed by atoms with Crippen LogP contribution in [0.25, 0.3) is 0 Å². The molecular formula is C26H28FN3O3S. The third-order valence-electron chi connectivity index (χ3n) is 5.91. The molecule has 0 radical (unpaired) electrons. The molecule has 1 heterocycles. The van der Waals surface area contributed by atoms with Gasteiger partial charge in [-0.15, -0.1) is 0 Å². The molecule has 34 heavy (non-hydrogen) atoms. The second-order valence-electron chi connectivity index (χ2n) is 8.33. The maximum Gasteiger partial charge on any atom is 0.244 e. The maximum absolute atomic E-state index is 14.2. The Kier molecular flexibility index (Phi) is 7.59. The number of hydrogen-bond donors (Lipinski definition) is 2. The Morgan fingerprint density at radius 1 is 0.912 bits per heavy atom. The van der Waals surface area contributed by atoms with Crippen molar-refractivity contribution in [2.45, 2.75) is 36.7 Å². The lowest BCUT2D eigenvalue weighted by Gasteiger charge is -2.23. The zero-order valence-corrected chi connectivity index (χ0v) is 19.6. The number of halogens is 1. The van der Waals surface area contributed by atoms with Crippen LogP contribution in [0.15, 0.2) is 83.8 Å². The summed E-state index contributed by atoms with van der Waals surface area (Å²) in [7, 11) is -4.25. The predicted octanol–water partition coefficient (Wildman–Crippen LogP) is 3.63. The Morgan fingerprint density at radius 3 is 2.29 bits per heavy atom. The molecule has 8 heteroatoms. The van der Waals surface area contributed by atoms with E-state index in [1.807, 2.05) is 54.6 Å². The first kappa shape index (κ1) is 23.9. The third kappa shape index (κ3) is 5.81. The molecule has 6 nitrogen and oxygen atoms in total. The number of carbonyl (C=O) groups is 1. The summed E-state index contributed by atoms with van der Waals surface area (Å²) in [4.78, 5) is 15.0. The largest absolute Gasteiger partial charge is 0.371 e. The molecule has 1 unspecified atom stereocenters. The zero-order chi connectivity index (χ0) is 24.0. The Morgan fingerprint density at radius 2 is 1.56 bits per heavy atom. The van der Waals surface area contributed by atoms with Gasteiger partial charge in [0.25, 0.3) is 0 Å². The fraction of sp³-hybridized carbons (Fsp3) is 0.269. The highest BCUT2D eigenvalue weighted by Gasteiger charge is 2.28. The first-order chi connectivity index (χ1) is 16.4. The first-order valence-electron chi connectivity index (χ1n) is 11.4. The molecule has 0 saturated carbocycles. The van der Waals surface area contributed by atoms with Crippen molar-refractivity contribution >= 4 is 21.6 Å². The summed E-state index contributed by atoms with van der Waals surface area (Å²) in [6.07, 6.45) is 2.41. The molecule has 0 bridgehead atoms. The van der Waals surface area contributed by atoms with E-state index in [4.69, 9.17) is 0 Å². The van der Waals surface area contributed by atoms with Gasteiger partial charge in [-0.25, -0.2) is 12.8 Å². The van der Waals surface area contributed by atoms with Crippen LogP contribution in [0.1, 0.15) is 24.0 Å². The minimum absolute atomic E-state index is 0.133. The van der Waals surface area contributed by atoms with Crippen LogP contribution in [-0.2, 0) is 27.8 Å². The Labute approximate surface area is 199 Å². The average molecular weight is 482 g/mol. The number of anilines is 1. The lowest BCUT2D eigenvalue weighted by Crippen LogP contribution is -2.48. The Bertz CT molecular complexity index is 1230. The number of nitrogens with zero attached hydrogens (tertiary/aromatic N) is 1. The number of hydrogen-bond acceptors (Lipinski definition) is 4. The van der Waals surface area contributed by atoms with Crippen molar-refractivity contribution in [1.29, 1.82) is 0 Å². The van der Waals surface area contributed by atoms with Crippen LogP contribution in [0, 0.1) is 5.82 Å². The van der Waals surface area contributed by atoms with Crippen LogP contribution in [0.3, 0.4) is 0 Å². The molecule has 3 aromatic rings. The van der Waals surface area contributed by atoms with Gasteiger partial charge in [0, 0.05) is 25.3 Å². The highest BCUT2D eigenvalue weighted by Crippen LogP contribution is 2.24. The van der Waals surface area contributed by atoms with Gasteiger partial charge in [-0.05, 0) is 48.6 Å². The molecule has 0 aromatic heterocycles. The van der Waals surface area contributed by atoms with Crippen molar-refractivity contribution < 1.29 is 17.6 Å². The van der Waals surface area contributed by atoms with Gasteiger partial charge in [-0.1, -0.05) is 60.7 Å². The van der Waals surface area contributed by atoms with E-state index < -0.39 is 32.7 Å². The van der Waals surface area contributed by atoms with E-state index in [1.54, 1.807) is 0 Å². The van der Waals surface area contributed by atoms with Gasteiger partial charge in [0.15, 0.2) is 0 Å². The van der Waals surface area contributed by atoms with Crippen LogP contribution >= 0.6 is 0 Å². The summed E-state index contributed by atoms with van der Waals surface area (Å²) in [5, 5.41) is 2.89. The molecule has 0 spiro atoms. The van der Waals surface area contributed by atoms with Crippen LogP contribution in [-0.4, -0.2) is 33.5 Å². The first-order valence-corrected chi connectivity index (χ1v) is 12.8. The van der Waals surface area contributed by atoms with E-state index in [0.717, 1.165) is 48.8 Å². The average Bonchev–Trinajstić information content (AvgIpc) is 3.38. The third-order valence-corrected chi connectivity index (χ3v) is 7.42. The highest BCUT2D eigenvalue weighted by atomic mass is 32.2. The van der Waals surface area contributed by atoms with Crippen molar-refractivity contribution in [3.05, 3.63) is 95.8 Å². The van der Waals surface area contributed by atoms with Crippen molar-refractivity contribution in [3.63, 3.8) is 0 Å². The number of amides is 1. The minimum atomic E-state index is -4.25. The number of carbonyl (C=O) groups excluding carboxylic acids is 1. The van der Waals surface area contributed by atoms with Gasteiger partial charge in [0.2, 0.25) is 15.9 Å². The molecule has 3 aromatic carbocycles. The van der Waals surface area contributed by atoms with E-state index in [0.29, 0.717) is 0 Å². The normalized spacial score (nSPS) is 14.7. The molecule has 1 fully saturated rings. The number of para-hydroxylation sites is 1. The SMILES string of the molecule is O=C(NCc1ccccc1N1CCCC1)C(Cc1ccccc1)NS(=O)(=O)c1ccccc1F. The van der Waals surface area contributed by atoms with Gasteiger partial charge in [0.05, 0.1) is 0 Å². The number of benzene rings is 3. The molecule has 0 aliphatic carbocycles. The van der Waals surface area contributed by atoms with Crippen LogP contribution in [0.2, 0.25) is 0 Å². The minimum Gasteiger partial charge on any atom is -0.371 e. The fourth-order valence-electron chi connectivity index (χ4n) is 4.18. The second kappa shape index (κ2) is 10.8. The van der Waals surface area contributed by atoms with Gasteiger partial charge in [0.1, 0.15) is 16.8 Å². The molecular weight excluding hydrogens is 453 g/mol. The van der Waals surface area contributed by atoms with E-state index in [-0.39, 0.29) is 13.0 Å². The molecule has 1 aliphatic heterocycles. The lowest BCUT2D eigenvalue weighted by atomic mass is 10.1. The van der Waals surface area contributed by atoms with Crippen molar-refractivity contribution in [2.75, 3.05) is 18.0 Å². The van der Waals surface area contributed by atoms with Crippen molar-refractivity contribution in [1.82, 2.24) is 10.0 Å². The molecule has 4 rings (SSSR count). The van der Waals surface area contributed by atoms with Crippen LogP contribution < -0.4 is 14.9 Å². The van der Waals surface area contributed by atoms with Crippen LogP contribution in [0.5, 0.6) is 0 Å². The predicted molar refractivity (Wildman–Crippen MR) is 130 cm³/mol. The summed E-state index contributed by atoms with van der Waals surface area (Å²) < 4.78 is 42.5. The summed E-state index contributed by atoms with van der Waals surface area (Å²) in [5.74, 6) is -1.34. The molecule has 1 saturated heterocycles. The number of sulfonamides is 1. The Balaban J connectivity index is 1.53. The number of rotatable bonds is 9. The monoisotopic (exact) mass is 481 g/mol. The summed E-state index contributed by atoms with van der Waals surface area (Å²) >= 11 is 0. The van der Waals surface area contributed by atoms with Gasteiger partial charge < -0.3 is 10.2 Å². The summed E-state index contributed by atoms with van der Waals surface area (Å²) in [6.45, 7) is 2.21. The van der Waals surface area contributed by atoms with Crippen LogP contribution in [0.4, 0.5) is 10.1 Å². The second-order valence-corrected chi connectivity index (χ2v) is 10.0. The van der Waals surface area contributed by atoms with E-state index in [1.165, 1.54) is 18.2 Å². The molecule has 2 N–H and O–H groups in total. The van der Waals surface area contributed by atoms with E-state index >= 15 is 0 Å². The molecule has 178 valence electrons. The van der Waals surface area contributed by atoms with Gasteiger partial charge in [-0.2, -0.15) is 4.72 Å². The number of nitrogens with one attached hydrogen (secondary N) is 2. The van der Waals surface area contributed by atoms with Gasteiger partial charge in [-0.3, -0.25) is 4.79 Å². The van der Waals surface area contributed by atoms with Crippen molar-refractivity contribution in [3.8, 4) is 0 Å². The standard InChI is InChI=1S/C26H28FN3O3S/c27-22-13-5-7-15-25(22)34(32,33)29-23(18-20-10-2-1-3-11-20)26(31)28-19-21-12-4-6-14-24(21)30-16-8-9-17-30/h1-7,10-15,23,29H,8-9,16-19H2,(H,28,31). The maximum atomic E-state index is 14.2. The highest BCUT2D eigenvalue weighted by molar-refractivity contribution is 7.89. The van der Waals surface area contributed by atoms with E-state index in [2.05, 4.69) is 14.9 Å². The van der Waals surface area contributed by atoms with Crippen molar-refractivity contribution in [2.24, 2.45) is 0 Å². The Hall–Kier alpha value is -3.23. The topological polar surface area (TPSA) is 78.5 Å². The molecule has 1 atom stereocenters.